The molecule has 3 aromatic carbocycles. The van der Waals surface area contributed by atoms with Gasteiger partial charge in [0.1, 0.15) is 11.9 Å². The van der Waals surface area contributed by atoms with E-state index >= 15 is 0 Å². The van der Waals surface area contributed by atoms with E-state index in [4.69, 9.17) is 9.47 Å². The highest BCUT2D eigenvalue weighted by Gasteiger charge is 2.32. The number of hydrogen-bond acceptors (Lipinski definition) is 7. The lowest BCUT2D eigenvalue weighted by Gasteiger charge is -2.13. The van der Waals surface area contributed by atoms with Crippen LogP contribution >= 0.6 is 11.8 Å². The maximum Gasteiger partial charge on any atom is 0.240 e. The highest BCUT2D eigenvalue weighted by Crippen LogP contribution is 2.31. The van der Waals surface area contributed by atoms with Gasteiger partial charge in [-0.3, -0.25) is 9.59 Å². The number of rotatable bonds is 9. The molecule has 2 N–H and O–H groups in total. The lowest BCUT2D eigenvalue weighted by molar-refractivity contribution is -0.122. The Balaban J connectivity index is 1.39. The molecule has 1 saturated heterocycles. The summed E-state index contributed by atoms with van der Waals surface area (Å²) in [7, 11) is 1.57. The quantitative estimate of drug-likeness (QED) is 0.347. The van der Waals surface area contributed by atoms with E-state index in [0.717, 1.165) is 5.56 Å². The van der Waals surface area contributed by atoms with Crippen molar-refractivity contribution in [3.63, 3.8) is 0 Å². The van der Waals surface area contributed by atoms with Crippen molar-refractivity contribution in [1.29, 1.82) is 0 Å². The molecule has 178 valence electrons. The van der Waals surface area contributed by atoms with Gasteiger partial charge < -0.3 is 20.1 Å². The van der Waals surface area contributed by atoms with Gasteiger partial charge in [0.15, 0.2) is 16.7 Å². The van der Waals surface area contributed by atoms with Crippen LogP contribution in [0.3, 0.4) is 0 Å². The van der Waals surface area contributed by atoms with Crippen LogP contribution in [-0.2, 0) is 16.2 Å². The fourth-order valence-electron chi connectivity index (χ4n) is 3.31. The van der Waals surface area contributed by atoms with Crippen LogP contribution in [-0.4, -0.2) is 35.6 Å². The number of methoxy groups -OCH3 is 1. The molecule has 0 bridgehead atoms. The van der Waals surface area contributed by atoms with Gasteiger partial charge in [0, 0.05) is 17.7 Å². The Morgan fingerprint density at radius 2 is 1.80 bits per heavy atom. The number of amidine groups is 1. The first-order valence-corrected chi connectivity index (χ1v) is 11.8. The zero-order chi connectivity index (χ0) is 24.5. The Kier molecular flexibility index (Phi) is 8.13. The molecule has 35 heavy (non-hydrogen) atoms. The summed E-state index contributed by atoms with van der Waals surface area (Å²) in [4.78, 5) is 24.6. The molecule has 9 heteroatoms. The number of para-hydroxylation sites is 2. The maximum absolute atomic E-state index is 12.3. The van der Waals surface area contributed by atoms with Crippen molar-refractivity contribution in [3.05, 3.63) is 90.0 Å². The smallest absolute Gasteiger partial charge is 0.240 e. The van der Waals surface area contributed by atoms with Gasteiger partial charge in [-0.25, -0.2) is 0 Å². The van der Waals surface area contributed by atoms with Crippen molar-refractivity contribution < 1.29 is 19.1 Å². The number of hydrogen-bond donors (Lipinski definition) is 2. The molecule has 2 amide bonds. The first-order valence-electron chi connectivity index (χ1n) is 10.9. The predicted molar refractivity (Wildman–Crippen MR) is 138 cm³/mol. The third kappa shape index (κ3) is 6.70. The van der Waals surface area contributed by atoms with Crippen molar-refractivity contribution in [1.82, 2.24) is 5.32 Å². The van der Waals surface area contributed by atoms with Crippen LogP contribution in [0.1, 0.15) is 17.5 Å². The number of carbonyl (C=O) groups is 2. The van der Waals surface area contributed by atoms with E-state index in [2.05, 4.69) is 20.8 Å². The number of thioether (sulfide) groups is 1. The van der Waals surface area contributed by atoms with Crippen molar-refractivity contribution in [3.8, 4) is 11.5 Å². The van der Waals surface area contributed by atoms with E-state index in [1.54, 1.807) is 19.2 Å². The number of nitrogens with one attached hydrogen (secondary N) is 2. The second-order valence-electron chi connectivity index (χ2n) is 7.52. The summed E-state index contributed by atoms with van der Waals surface area (Å²) in [6.45, 7) is 0.370. The second-order valence-corrected chi connectivity index (χ2v) is 8.71. The summed E-state index contributed by atoms with van der Waals surface area (Å²) in [5.74, 6) is 0.595. The van der Waals surface area contributed by atoms with Gasteiger partial charge in [-0.1, -0.05) is 66.4 Å². The molecule has 0 saturated carbocycles. The largest absolute Gasteiger partial charge is 0.493 e. The molecule has 1 aliphatic rings. The lowest BCUT2D eigenvalue weighted by atomic mass is 10.2. The fourth-order valence-corrected chi connectivity index (χ4v) is 4.24. The molecule has 0 spiro atoms. The number of anilines is 1. The van der Waals surface area contributed by atoms with E-state index in [1.807, 2.05) is 66.7 Å². The molecule has 0 radical (unpaired) electrons. The first kappa shape index (κ1) is 24.0. The molecule has 1 atom stereocenters. The Morgan fingerprint density at radius 3 is 2.54 bits per heavy atom. The van der Waals surface area contributed by atoms with E-state index in [1.165, 1.54) is 18.0 Å². The maximum atomic E-state index is 12.3. The van der Waals surface area contributed by atoms with Crippen LogP contribution in [0.25, 0.3) is 0 Å². The molecule has 3 aromatic rings. The van der Waals surface area contributed by atoms with Crippen molar-refractivity contribution in [2.45, 2.75) is 18.3 Å². The molecule has 0 aromatic heterocycles. The van der Waals surface area contributed by atoms with Crippen LogP contribution in [0.4, 0.5) is 5.69 Å². The summed E-state index contributed by atoms with van der Waals surface area (Å²) in [5, 5.41) is 13.4. The molecular weight excluding hydrogens is 464 g/mol. The molecule has 1 aliphatic heterocycles. The number of carbonyl (C=O) groups excluding carboxylic acids is 2. The van der Waals surface area contributed by atoms with Crippen molar-refractivity contribution >= 4 is 40.6 Å². The van der Waals surface area contributed by atoms with Gasteiger partial charge in [0.25, 0.3) is 0 Å². The van der Waals surface area contributed by atoms with E-state index in [-0.39, 0.29) is 18.2 Å². The number of amides is 2. The highest BCUT2D eigenvalue weighted by atomic mass is 32.2. The third-order valence-electron chi connectivity index (χ3n) is 5.01. The van der Waals surface area contributed by atoms with Crippen LogP contribution in [0, 0.1) is 0 Å². The molecule has 0 unspecified atom stereocenters. The van der Waals surface area contributed by atoms with Gasteiger partial charge in [0.2, 0.25) is 11.8 Å². The fraction of sp³-hybridized carbons (Fsp3) is 0.154. The van der Waals surface area contributed by atoms with Crippen LogP contribution in [0.2, 0.25) is 0 Å². The molecule has 8 nitrogen and oxygen atoms in total. The zero-order valence-corrected chi connectivity index (χ0v) is 19.8. The van der Waals surface area contributed by atoms with Crippen molar-refractivity contribution in [2.75, 3.05) is 12.4 Å². The Labute approximate surface area is 207 Å². The van der Waals surface area contributed by atoms with Crippen LogP contribution < -0.4 is 20.1 Å². The lowest BCUT2D eigenvalue weighted by Crippen LogP contribution is -2.28. The average Bonchev–Trinajstić information content (AvgIpc) is 3.22. The Hall–Kier alpha value is -4.11. The highest BCUT2D eigenvalue weighted by molar-refractivity contribution is 8.15. The summed E-state index contributed by atoms with van der Waals surface area (Å²) in [6, 6.07) is 24.4. The van der Waals surface area contributed by atoms with Crippen LogP contribution in [0.15, 0.2) is 89.1 Å². The molecule has 0 aliphatic carbocycles. The molecule has 1 fully saturated rings. The van der Waals surface area contributed by atoms with Gasteiger partial charge >= 0.3 is 0 Å². The van der Waals surface area contributed by atoms with E-state index in [0.29, 0.717) is 34.5 Å². The second kappa shape index (κ2) is 11.8. The van der Waals surface area contributed by atoms with Crippen molar-refractivity contribution in [2.24, 2.45) is 10.2 Å². The molecule has 4 rings (SSSR count). The summed E-state index contributed by atoms with van der Waals surface area (Å²) in [6.07, 6.45) is 1.57. The minimum absolute atomic E-state index is 0.0293. The topological polar surface area (TPSA) is 101 Å². The minimum atomic E-state index is -0.575. The molecular formula is C26H24N4O4S. The Bertz CT molecular complexity index is 1230. The molecule has 1 heterocycles. The number of nitrogens with zero attached hydrogens (tertiary/aromatic N) is 2. The van der Waals surface area contributed by atoms with E-state index < -0.39 is 5.25 Å². The predicted octanol–water partition coefficient (Wildman–Crippen LogP) is 4.22. The Morgan fingerprint density at radius 1 is 1.06 bits per heavy atom. The monoisotopic (exact) mass is 488 g/mol. The van der Waals surface area contributed by atoms with Crippen LogP contribution in [0.5, 0.6) is 11.5 Å². The summed E-state index contributed by atoms with van der Waals surface area (Å²) >= 11 is 1.17. The zero-order valence-electron chi connectivity index (χ0n) is 19.0. The van der Waals surface area contributed by atoms with Gasteiger partial charge in [-0.15, -0.1) is 5.10 Å². The standard InChI is InChI=1S/C26H24N4O4S/c1-33-21-14-8-11-19(24(21)34-17-18-9-4-2-5-10-18)16-27-30-26-29-25(32)22(35-26)15-23(31)28-20-12-6-3-7-13-20/h2-14,16,22H,15,17H2,1H3,(H,28,31)(H,29,30,32)/b27-16-/t22-/m1/s1. The van der Waals surface area contributed by atoms with Gasteiger partial charge in [-0.2, -0.15) is 5.10 Å². The number of benzene rings is 3. The minimum Gasteiger partial charge on any atom is -0.493 e. The first-order chi connectivity index (χ1) is 17.1. The van der Waals surface area contributed by atoms with Gasteiger partial charge in [0.05, 0.1) is 13.3 Å². The summed E-state index contributed by atoms with van der Waals surface area (Å²) in [5.41, 5.74) is 2.38. The SMILES string of the molecule is COc1cccc(/C=N\N=C2\NC(=O)[C@@H](CC(=O)Nc3ccccc3)S2)c1OCc1ccccc1. The normalized spacial score (nSPS) is 16.3. The number of ether oxygens (including phenoxy) is 2. The average molecular weight is 489 g/mol. The summed E-state index contributed by atoms with van der Waals surface area (Å²) < 4.78 is 11.5. The third-order valence-corrected chi connectivity index (χ3v) is 6.08. The van der Waals surface area contributed by atoms with Gasteiger partial charge in [-0.05, 0) is 29.8 Å². The van der Waals surface area contributed by atoms with E-state index in [9.17, 15) is 9.59 Å².